The number of carbonyl (C=O) groups excluding carboxylic acids is 2. The predicted molar refractivity (Wildman–Crippen MR) is 76.6 cm³/mol. The van der Waals surface area contributed by atoms with E-state index in [4.69, 9.17) is 0 Å². The smallest absolute Gasteiger partial charge is 0.356 e. The Balaban J connectivity index is 2.79. The Morgan fingerprint density at radius 1 is 1.19 bits per heavy atom. The summed E-state index contributed by atoms with van der Waals surface area (Å²) >= 11 is 0. The van der Waals surface area contributed by atoms with Crippen molar-refractivity contribution >= 4 is 26.6 Å². The fraction of sp³-hybridized carbons (Fsp3) is 0.286. The molecule has 0 N–H and O–H groups in total. The fourth-order valence-electron chi connectivity index (χ4n) is 2.22. The highest BCUT2D eigenvalue weighted by molar-refractivity contribution is 8.00. The van der Waals surface area contributed by atoms with Crippen molar-refractivity contribution in [3.05, 3.63) is 41.6 Å². The van der Waals surface area contributed by atoms with Crippen molar-refractivity contribution in [2.24, 2.45) is 0 Å². The standard InChI is InChI=1S/C14H15NO5S/c1-10(16)15-8-9-21(18,19)13(12(15)14(17)20-2)11-6-4-3-5-7-11/h3-7H,8-9H2,1-2H3. The van der Waals surface area contributed by atoms with Crippen LogP contribution in [0.1, 0.15) is 12.5 Å². The van der Waals surface area contributed by atoms with Gasteiger partial charge in [0.25, 0.3) is 0 Å². The first-order valence-corrected chi connectivity index (χ1v) is 7.92. The lowest BCUT2D eigenvalue weighted by Gasteiger charge is -2.29. The van der Waals surface area contributed by atoms with Crippen LogP contribution in [-0.2, 0) is 24.2 Å². The molecule has 0 saturated heterocycles. The lowest BCUT2D eigenvalue weighted by molar-refractivity contribution is -0.141. The highest BCUT2D eigenvalue weighted by Crippen LogP contribution is 2.32. The molecule has 0 radical (unpaired) electrons. The maximum absolute atomic E-state index is 12.4. The molecule has 112 valence electrons. The van der Waals surface area contributed by atoms with E-state index in [0.717, 1.165) is 12.0 Å². The Morgan fingerprint density at radius 3 is 2.33 bits per heavy atom. The second kappa shape index (κ2) is 5.69. The Kier molecular flexibility index (Phi) is 4.13. The summed E-state index contributed by atoms with van der Waals surface area (Å²) in [6.07, 6.45) is 0. The monoisotopic (exact) mass is 309 g/mol. The highest BCUT2D eigenvalue weighted by Gasteiger charge is 2.38. The van der Waals surface area contributed by atoms with Gasteiger partial charge in [0.15, 0.2) is 9.84 Å². The lowest BCUT2D eigenvalue weighted by atomic mass is 10.1. The van der Waals surface area contributed by atoms with Gasteiger partial charge in [-0.2, -0.15) is 0 Å². The number of hydrogen-bond acceptors (Lipinski definition) is 5. The summed E-state index contributed by atoms with van der Waals surface area (Å²) in [5, 5.41) is 0. The third-order valence-electron chi connectivity index (χ3n) is 3.17. The molecule has 1 heterocycles. The number of sulfone groups is 1. The van der Waals surface area contributed by atoms with Gasteiger partial charge in [-0.05, 0) is 5.56 Å². The molecule has 0 unspecified atom stereocenters. The van der Waals surface area contributed by atoms with Crippen molar-refractivity contribution in [3.8, 4) is 0 Å². The molecule has 0 spiro atoms. The molecule has 0 saturated carbocycles. The maximum atomic E-state index is 12.4. The largest absolute Gasteiger partial charge is 0.464 e. The second-order valence-electron chi connectivity index (χ2n) is 4.52. The number of esters is 1. The second-order valence-corrected chi connectivity index (χ2v) is 6.57. The van der Waals surface area contributed by atoms with Gasteiger partial charge in [-0.3, -0.25) is 4.79 Å². The zero-order chi connectivity index (χ0) is 15.6. The molecule has 0 aromatic heterocycles. The zero-order valence-corrected chi connectivity index (χ0v) is 12.5. The van der Waals surface area contributed by atoms with E-state index in [2.05, 4.69) is 4.74 Å². The number of nitrogens with zero attached hydrogens (tertiary/aromatic N) is 1. The van der Waals surface area contributed by atoms with Crippen LogP contribution in [0.3, 0.4) is 0 Å². The van der Waals surface area contributed by atoms with Crippen LogP contribution in [0.25, 0.3) is 4.91 Å². The van der Waals surface area contributed by atoms with E-state index < -0.39 is 21.7 Å². The first-order chi connectivity index (χ1) is 9.88. The average Bonchev–Trinajstić information content (AvgIpc) is 2.45. The van der Waals surface area contributed by atoms with Gasteiger partial charge in [-0.25, -0.2) is 13.2 Å². The first-order valence-electron chi connectivity index (χ1n) is 6.27. The average molecular weight is 309 g/mol. The van der Waals surface area contributed by atoms with Gasteiger partial charge in [0.05, 0.1) is 12.9 Å². The van der Waals surface area contributed by atoms with Crippen LogP contribution in [0.5, 0.6) is 0 Å². The quantitative estimate of drug-likeness (QED) is 0.755. The van der Waals surface area contributed by atoms with Gasteiger partial charge in [-0.1, -0.05) is 30.3 Å². The lowest BCUT2D eigenvalue weighted by Crippen LogP contribution is -2.41. The molecule has 0 fully saturated rings. The van der Waals surface area contributed by atoms with E-state index >= 15 is 0 Å². The van der Waals surface area contributed by atoms with Crippen molar-refractivity contribution < 1.29 is 22.7 Å². The minimum absolute atomic E-state index is 0.0571. The molecule has 1 aromatic rings. The molecule has 1 aliphatic rings. The van der Waals surface area contributed by atoms with Crippen molar-refractivity contribution in [1.82, 2.24) is 4.90 Å². The normalized spacial score (nSPS) is 17.5. The van der Waals surface area contributed by atoms with E-state index in [0.29, 0.717) is 5.56 Å². The number of benzene rings is 1. The van der Waals surface area contributed by atoms with Crippen LogP contribution in [0.4, 0.5) is 0 Å². The first kappa shape index (κ1) is 15.2. The minimum Gasteiger partial charge on any atom is -0.464 e. The molecular formula is C14H15NO5S. The van der Waals surface area contributed by atoms with Gasteiger partial charge in [0.2, 0.25) is 5.91 Å². The van der Waals surface area contributed by atoms with Gasteiger partial charge in [-0.15, -0.1) is 0 Å². The number of amides is 1. The molecule has 0 atom stereocenters. The van der Waals surface area contributed by atoms with Crippen LogP contribution < -0.4 is 0 Å². The maximum Gasteiger partial charge on any atom is 0.356 e. The number of rotatable bonds is 2. The van der Waals surface area contributed by atoms with Gasteiger partial charge < -0.3 is 9.64 Å². The number of methoxy groups -OCH3 is 1. The Morgan fingerprint density at radius 2 is 1.81 bits per heavy atom. The number of carbonyl (C=O) groups is 2. The van der Waals surface area contributed by atoms with Crippen molar-refractivity contribution in [1.29, 1.82) is 0 Å². The van der Waals surface area contributed by atoms with Crippen LogP contribution in [-0.4, -0.2) is 44.6 Å². The third kappa shape index (κ3) is 2.82. The molecule has 2 rings (SSSR count). The van der Waals surface area contributed by atoms with E-state index in [9.17, 15) is 18.0 Å². The summed E-state index contributed by atoms with van der Waals surface area (Å²) < 4.78 is 29.4. The molecule has 0 aliphatic carbocycles. The Labute approximate surface area is 122 Å². The fourth-order valence-corrected chi connectivity index (χ4v) is 3.83. The molecular weight excluding hydrogens is 294 g/mol. The van der Waals surface area contributed by atoms with E-state index in [1.165, 1.54) is 6.92 Å². The Bertz CT molecular complexity index is 706. The zero-order valence-electron chi connectivity index (χ0n) is 11.7. The summed E-state index contributed by atoms with van der Waals surface area (Å²) in [5.41, 5.74) is 0.145. The van der Waals surface area contributed by atoms with E-state index in [-0.39, 0.29) is 22.9 Å². The van der Waals surface area contributed by atoms with Gasteiger partial charge in [0.1, 0.15) is 10.6 Å². The van der Waals surface area contributed by atoms with E-state index in [1.807, 2.05) is 0 Å². The number of ether oxygens (including phenoxy) is 1. The predicted octanol–water partition coefficient (Wildman–Crippen LogP) is 0.805. The van der Waals surface area contributed by atoms with Gasteiger partial charge >= 0.3 is 5.97 Å². The van der Waals surface area contributed by atoms with Crippen LogP contribution >= 0.6 is 0 Å². The summed E-state index contributed by atoms with van der Waals surface area (Å²) in [5.74, 6) is -1.47. The molecule has 1 aromatic carbocycles. The molecule has 21 heavy (non-hydrogen) atoms. The topological polar surface area (TPSA) is 80.8 Å². The summed E-state index contributed by atoms with van der Waals surface area (Å²) in [7, 11) is -2.51. The van der Waals surface area contributed by atoms with Crippen LogP contribution in [0.15, 0.2) is 36.0 Å². The minimum atomic E-state index is -3.66. The molecule has 1 amide bonds. The van der Waals surface area contributed by atoms with Gasteiger partial charge in [0, 0.05) is 13.5 Å². The summed E-state index contributed by atoms with van der Waals surface area (Å²) in [4.78, 5) is 24.7. The highest BCUT2D eigenvalue weighted by atomic mass is 32.2. The SMILES string of the molecule is COC(=O)C1=C(c2ccccc2)S(=O)(=O)CCN1C(C)=O. The van der Waals surface area contributed by atoms with Crippen LogP contribution in [0, 0.1) is 0 Å². The van der Waals surface area contributed by atoms with E-state index in [1.54, 1.807) is 30.3 Å². The Hall–Kier alpha value is -2.15. The molecule has 6 nitrogen and oxygen atoms in total. The van der Waals surface area contributed by atoms with Crippen molar-refractivity contribution in [2.75, 3.05) is 19.4 Å². The molecule has 7 heteroatoms. The van der Waals surface area contributed by atoms with Crippen molar-refractivity contribution in [2.45, 2.75) is 6.92 Å². The molecule has 0 bridgehead atoms. The summed E-state index contributed by atoms with van der Waals surface area (Å²) in [6, 6.07) is 8.23. The third-order valence-corrected chi connectivity index (χ3v) is 4.95. The molecule has 1 aliphatic heterocycles. The van der Waals surface area contributed by atoms with Crippen molar-refractivity contribution in [3.63, 3.8) is 0 Å². The summed E-state index contributed by atoms with van der Waals surface area (Å²) in [6.45, 7) is 1.22. The number of hydrogen-bond donors (Lipinski definition) is 0. The van der Waals surface area contributed by atoms with Crippen LogP contribution in [0.2, 0.25) is 0 Å².